The van der Waals surface area contributed by atoms with Crippen molar-refractivity contribution in [2.75, 3.05) is 18.6 Å². The van der Waals surface area contributed by atoms with E-state index in [0.29, 0.717) is 27.6 Å². The normalized spacial score (nSPS) is 11.8. The molecule has 0 amide bonds. The third kappa shape index (κ3) is 3.26. The number of hydrogen-bond donors (Lipinski definition) is 1. The van der Waals surface area contributed by atoms with Gasteiger partial charge in [-0.05, 0) is 37.4 Å². The lowest BCUT2D eigenvalue weighted by molar-refractivity contribution is -0.137. The second-order valence-electron chi connectivity index (χ2n) is 5.32. The molecule has 4 nitrogen and oxygen atoms in total. The molecule has 8 heteroatoms. The van der Waals surface area contributed by atoms with Crippen LogP contribution in [0.25, 0.3) is 22.3 Å². The van der Waals surface area contributed by atoms with E-state index >= 15 is 0 Å². The molecule has 25 heavy (non-hydrogen) atoms. The lowest BCUT2D eigenvalue weighted by Gasteiger charge is -2.16. The summed E-state index contributed by atoms with van der Waals surface area (Å²) < 4.78 is 40.4. The first-order valence-electron chi connectivity index (χ1n) is 7.43. The van der Waals surface area contributed by atoms with Gasteiger partial charge in [-0.15, -0.1) is 11.8 Å². The van der Waals surface area contributed by atoms with E-state index in [2.05, 4.69) is 20.3 Å². The second kappa shape index (κ2) is 6.51. The predicted octanol–water partition coefficient (Wildman–Crippen LogP) is 4.78. The minimum atomic E-state index is -4.46. The molecule has 1 N–H and O–H groups in total. The Morgan fingerprint density at radius 2 is 1.80 bits per heavy atom. The first-order chi connectivity index (χ1) is 11.8. The number of anilines is 1. The quantitative estimate of drug-likeness (QED) is 0.678. The summed E-state index contributed by atoms with van der Waals surface area (Å²) in [6, 6.07) is 7.41. The summed E-state index contributed by atoms with van der Waals surface area (Å²) in [5, 5.41) is 3.61. The van der Waals surface area contributed by atoms with Crippen LogP contribution >= 0.6 is 11.8 Å². The van der Waals surface area contributed by atoms with Crippen LogP contribution in [0.15, 0.2) is 35.2 Å². The molecule has 0 saturated heterocycles. The van der Waals surface area contributed by atoms with Gasteiger partial charge in [0.1, 0.15) is 11.6 Å². The Bertz CT molecular complexity index is 941. The molecule has 3 aromatic rings. The van der Waals surface area contributed by atoms with Crippen LogP contribution in [0, 0.1) is 6.92 Å². The molecule has 2 heterocycles. The summed E-state index contributed by atoms with van der Waals surface area (Å²) in [4.78, 5) is 13.4. The van der Waals surface area contributed by atoms with Crippen LogP contribution in [0.1, 0.15) is 11.4 Å². The molecule has 130 valence electrons. The van der Waals surface area contributed by atoms with Gasteiger partial charge in [0.25, 0.3) is 0 Å². The van der Waals surface area contributed by atoms with Gasteiger partial charge in [-0.1, -0.05) is 6.07 Å². The smallest absolute Gasteiger partial charge is 0.372 e. The fourth-order valence-corrected chi connectivity index (χ4v) is 3.28. The zero-order chi connectivity index (χ0) is 18.2. The van der Waals surface area contributed by atoms with Gasteiger partial charge in [-0.2, -0.15) is 13.2 Å². The number of benzene rings is 1. The van der Waals surface area contributed by atoms with Crippen molar-refractivity contribution >= 4 is 28.6 Å². The number of alkyl halides is 3. The Labute approximate surface area is 146 Å². The molecule has 0 radical (unpaired) electrons. The molecule has 1 aromatic carbocycles. The van der Waals surface area contributed by atoms with Crippen molar-refractivity contribution in [2.24, 2.45) is 0 Å². The van der Waals surface area contributed by atoms with E-state index in [9.17, 15) is 13.2 Å². The zero-order valence-corrected chi connectivity index (χ0v) is 14.6. The molecule has 0 bridgehead atoms. The minimum Gasteiger partial charge on any atom is -0.372 e. The SMILES string of the molecule is CNc1nc(C)nc2nc(-c3c(SC)cccc3C(F)(F)F)ccc12. The zero-order valence-electron chi connectivity index (χ0n) is 13.8. The van der Waals surface area contributed by atoms with Gasteiger partial charge < -0.3 is 5.32 Å². The topological polar surface area (TPSA) is 50.7 Å². The van der Waals surface area contributed by atoms with Gasteiger partial charge in [0.15, 0.2) is 5.65 Å². The highest BCUT2D eigenvalue weighted by molar-refractivity contribution is 7.98. The van der Waals surface area contributed by atoms with Gasteiger partial charge in [0, 0.05) is 17.5 Å². The van der Waals surface area contributed by atoms with Crippen molar-refractivity contribution in [3.8, 4) is 11.3 Å². The van der Waals surface area contributed by atoms with Crippen LogP contribution in [0.3, 0.4) is 0 Å². The van der Waals surface area contributed by atoms with Gasteiger partial charge in [-0.25, -0.2) is 15.0 Å². The number of halogens is 3. The van der Waals surface area contributed by atoms with Gasteiger partial charge in [0.05, 0.1) is 16.6 Å². The maximum Gasteiger partial charge on any atom is 0.417 e. The second-order valence-corrected chi connectivity index (χ2v) is 6.17. The number of rotatable bonds is 3. The number of fused-ring (bicyclic) bond motifs is 1. The largest absolute Gasteiger partial charge is 0.417 e. The highest BCUT2D eigenvalue weighted by Crippen LogP contribution is 2.41. The molecule has 2 aromatic heterocycles. The monoisotopic (exact) mass is 364 g/mol. The Balaban J connectivity index is 2.30. The van der Waals surface area contributed by atoms with Crippen LogP contribution < -0.4 is 5.32 Å². The van der Waals surface area contributed by atoms with Crippen LogP contribution in [-0.4, -0.2) is 28.3 Å². The predicted molar refractivity (Wildman–Crippen MR) is 93.8 cm³/mol. The minimum absolute atomic E-state index is 0.0756. The highest BCUT2D eigenvalue weighted by Gasteiger charge is 2.35. The first-order valence-corrected chi connectivity index (χ1v) is 8.65. The van der Waals surface area contributed by atoms with Crippen LogP contribution in [-0.2, 0) is 6.18 Å². The summed E-state index contributed by atoms with van der Waals surface area (Å²) in [5.41, 5.74) is -0.0270. The Hall–Kier alpha value is -2.35. The number of nitrogens with one attached hydrogen (secondary N) is 1. The van der Waals surface area contributed by atoms with E-state index in [0.717, 1.165) is 6.07 Å². The van der Waals surface area contributed by atoms with Crippen molar-refractivity contribution in [1.29, 1.82) is 0 Å². The average molecular weight is 364 g/mol. The van der Waals surface area contributed by atoms with Crippen molar-refractivity contribution in [2.45, 2.75) is 18.0 Å². The molecule has 0 atom stereocenters. The van der Waals surface area contributed by atoms with Crippen molar-refractivity contribution in [1.82, 2.24) is 15.0 Å². The summed E-state index contributed by atoms with van der Waals surface area (Å²) in [7, 11) is 1.72. The third-order valence-corrected chi connectivity index (χ3v) is 4.50. The fourth-order valence-electron chi connectivity index (χ4n) is 2.65. The molecular weight excluding hydrogens is 349 g/mol. The Kier molecular flexibility index (Phi) is 4.55. The first kappa shape index (κ1) is 17.5. The van der Waals surface area contributed by atoms with E-state index < -0.39 is 11.7 Å². The average Bonchev–Trinajstić information content (AvgIpc) is 2.58. The number of hydrogen-bond acceptors (Lipinski definition) is 5. The maximum absolute atomic E-state index is 13.5. The third-order valence-electron chi connectivity index (χ3n) is 3.72. The lowest BCUT2D eigenvalue weighted by atomic mass is 10.0. The number of pyridine rings is 1. The molecular formula is C17H15F3N4S. The van der Waals surface area contributed by atoms with Gasteiger partial charge in [-0.3, -0.25) is 0 Å². The van der Waals surface area contributed by atoms with E-state index in [1.165, 1.54) is 17.8 Å². The summed E-state index contributed by atoms with van der Waals surface area (Å²) >= 11 is 1.25. The number of nitrogens with zero attached hydrogens (tertiary/aromatic N) is 3. The van der Waals surface area contributed by atoms with Crippen LogP contribution in [0.5, 0.6) is 0 Å². The molecule has 0 spiro atoms. The molecule has 0 fully saturated rings. The van der Waals surface area contributed by atoms with Crippen molar-refractivity contribution < 1.29 is 13.2 Å². The Morgan fingerprint density at radius 1 is 1.04 bits per heavy atom. The van der Waals surface area contributed by atoms with E-state index in [4.69, 9.17) is 0 Å². The summed E-state index contributed by atoms with van der Waals surface area (Å²) in [6.07, 6.45) is -2.72. The molecule has 0 saturated carbocycles. The van der Waals surface area contributed by atoms with Crippen molar-refractivity contribution in [3.63, 3.8) is 0 Å². The van der Waals surface area contributed by atoms with Crippen LogP contribution in [0.4, 0.5) is 19.0 Å². The number of thioether (sulfide) groups is 1. The highest BCUT2D eigenvalue weighted by atomic mass is 32.2. The molecule has 3 rings (SSSR count). The molecule has 0 aliphatic rings. The summed E-state index contributed by atoms with van der Waals surface area (Å²) in [5.74, 6) is 1.09. The van der Waals surface area contributed by atoms with Gasteiger partial charge in [0.2, 0.25) is 0 Å². The Morgan fingerprint density at radius 3 is 2.44 bits per heavy atom. The van der Waals surface area contributed by atoms with Crippen molar-refractivity contribution in [3.05, 3.63) is 41.7 Å². The maximum atomic E-state index is 13.5. The van der Waals surface area contributed by atoms with E-state index in [1.54, 1.807) is 38.4 Å². The molecule has 0 unspecified atom stereocenters. The lowest BCUT2D eigenvalue weighted by Crippen LogP contribution is -2.08. The number of aryl methyl sites for hydroxylation is 1. The fraction of sp³-hybridized carbons (Fsp3) is 0.235. The number of aromatic nitrogens is 3. The van der Waals surface area contributed by atoms with E-state index in [1.807, 2.05) is 0 Å². The molecule has 0 aliphatic heterocycles. The van der Waals surface area contributed by atoms with Crippen LogP contribution in [0.2, 0.25) is 0 Å². The van der Waals surface area contributed by atoms with Gasteiger partial charge >= 0.3 is 6.18 Å². The van der Waals surface area contributed by atoms with E-state index in [-0.39, 0.29) is 11.3 Å². The molecule has 0 aliphatic carbocycles. The standard InChI is InChI=1S/C17H15F3N4S/c1-9-22-15(21-2)10-7-8-12(24-16(10)23-9)14-11(17(18,19)20)5-4-6-13(14)25-3/h4-8H,1-3H3,(H,21,22,23,24). The summed E-state index contributed by atoms with van der Waals surface area (Å²) in [6.45, 7) is 1.71.